The number of hydrogen-bond acceptors (Lipinski definition) is 6. The van der Waals surface area contributed by atoms with Crippen LogP contribution >= 0.6 is 0 Å². The fourth-order valence-corrected chi connectivity index (χ4v) is 2.28. The van der Waals surface area contributed by atoms with Gasteiger partial charge in [0.05, 0.1) is 11.8 Å². The summed E-state index contributed by atoms with van der Waals surface area (Å²) < 4.78 is 12.6. The average Bonchev–Trinajstić information content (AvgIpc) is 3.31. The average molecular weight is 329 g/mol. The molecule has 24 heavy (non-hydrogen) atoms. The molecule has 126 valence electrons. The molecule has 0 fully saturated rings. The smallest absolute Gasteiger partial charge is 0.251 e. The Hall–Kier alpha value is -2.90. The maximum atomic E-state index is 11.8. The molecule has 0 atom stereocenters. The maximum absolute atomic E-state index is 11.8. The molecule has 8 heteroatoms. The van der Waals surface area contributed by atoms with Gasteiger partial charge in [-0.15, -0.1) is 10.2 Å². The van der Waals surface area contributed by atoms with Gasteiger partial charge in [0.15, 0.2) is 0 Å². The van der Waals surface area contributed by atoms with Gasteiger partial charge in [0.1, 0.15) is 5.76 Å². The Balaban J connectivity index is 1.38. The normalized spacial score (nSPS) is 10.9. The SMILES string of the molecule is Cc1occc1-c1nnc(CCC(=O)NCCCn2cccn2)o1. The first kappa shape index (κ1) is 16.0. The van der Waals surface area contributed by atoms with E-state index in [-0.39, 0.29) is 5.91 Å². The maximum Gasteiger partial charge on any atom is 0.251 e. The summed E-state index contributed by atoms with van der Waals surface area (Å²) in [7, 11) is 0. The van der Waals surface area contributed by atoms with E-state index in [1.807, 2.05) is 23.9 Å². The van der Waals surface area contributed by atoms with Crippen LogP contribution in [0.4, 0.5) is 0 Å². The van der Waals surface area contributed by atoms with Crippen molar-refractivity contribution in [2.45, 2.75) is 32.7 Å². The topological polar surface area (TPSA) is 99.0 Å². The Labute approximate surface area is 138 Å². The lowest BCUT2D eigenvalue weighted by molar-refractivity contribution is -0.121. The molecule has 0 unspecified atom stereocenters. The summed E-state index contributed by atoms with van der Waals surface area (Å²) in [4.78, 5) is 11.8. The molecule has 0 bridgehead atoms. The van der Waals surface area contributed by atoms with Crippen LogP contribution in [0.2, 0.25) is 0 Å². The lowest BCUT2D eigenvalue weighted by Gasteiger charge is -2.04. The molecule has 0 spiro atoms. The van der Waals surface area contributed by atoms with Crippen LogP contribution in [-0.2, 0) is 17.8 Å². The number of carbonyl (C=O) groups excluding carboxylic acids is 1. The molecule has 3 rings (SSSR count). The fraction of sp³-hybridized carbons (Fsp3) is 0.375. The van der Waals surface area contributed by atoms with Crippen LogP contribution in [0, 0.1) is 6.92 Å². The van der Waals surface area contributed by atoms with Crippen LogP contribution in [0.1, 0.15) is 24.5 Å². The first-order valence-corrected chi connectivity index (χ1v) is 7.83. The third-order valence-corrected chi connectivity index (χ3v) is 3.57. The summed E-state index contributed by atoms with van der Waals surface area (Å²) in [5.74, 6) is 1.54. The van der Waals surface area contributed by atoms with Crippen molar-refractivity contribution < 1.29 is 13.6 Å². The van der Waals surface area contributed by atoms with E-state index >= 15 is 0 Å². The standard InChI is InChI=1S/C16H19N5O3/c1-12-13(6-11-23-12)16-20-19-15(24-16)5-4-14(22)17-7-2-9-21-10-3-8-18-21/h3,6,8,10-11H,2,4-5,7,9H2,1H3,(H,17,22). The molecule has 3 aromatic heterocycles. The van der Waals surface area contributed by atoms with E-state index in [0.29, 0.717) is 31.2 Å². The molecule has 0 aliphatic rings. The number of aromatic nitrogens is 4. The van der Waals surface area contributed by atoms with Gasteiger partial charge in [0, 0.05) is 38.3 Å². The highest BCUT2D eigenvalue weighted by atomic mass is 16.4. The second kappa shape index (κ2) is 7.58. The van der Waals surface area contributed by atoms with Crippen molar-refractivity contribution in [3.8, 4) is 11.5 Å². The number of furan rings is 1. The molecule has 0 aliphatic heterocycles. The second-order valence-corrected chi connectivity index (χ2v) is 5.36. The van der Waals surface area contributed by atoms with Crippen molar-refractivity contribution in [3.05, 3.63) is 42.4 Å². The molecule has 1 N–H and O–H groups in total. The van der Waals surface area contributed by atoms with E-state index < -0.39 is 0 Å². The monoisotopic (exact) mass is 329 g/mol. The van der Waals surface area contributed by atoms with Crippen molar-refractivity contribution in [1.82, 2.24) is 25.3 Å². The van der Waals surface area contributed by atoms with Crippen molar-refractivity contribution in [2.24, 2.45) is 0 Å². The zero-order chi connectivity index (χ0) is 16.8. The number of rotatable bonds is 8. The first-order valence-electron chi connectivity index (χ1n) is 7.83. The zero-order valence-electron chi connectivity index (χ0n) is 13.4. The molecule has 3 heterocycles. The summed E-state index contributed by atoms with van der Waals surface area (Å²) in [6, 6.07) is 3.65. The molecular weight excluding hydrogens is 310 g/mol. The molecule has 3 aromatic rings. The predicted octanol–water partition coefficient (Wildman–Crippen LogP) is 1.97. The minimum absolute atomic E-state index is 0.0327. The summed E-state index contributed by atoms with van der Waals surface area (Å²) in [6.45, 7) is 3.22. The highest BCUT2D eigenvalue weighted by Crippen LogP contribution is 2.22. The number of nitrogens with zero attached hydrogens (tertiary/aromatic N) is 4. The Morgan fingerprint density at radius 2 is 2.29 bits per heavy atom. The van der Waals surface area contributed by atoms with Crippen LogP contribution in [0.25, 0.3) is 11.5 Å². The van der Waals surface area contributed by atoms with E-state index in [1.54, 1.807) is 18.5 Å². The largest absolute Gasteiger partial charge is 0.469 e. The van der Waals surface area contributed by atoms with Crippen molar-refractivity contribution in [1.29, 1.82) is 0 Å². The van der Waals surface area contributed by atoms with E-state index in [2.05, 4.69) is 20.6 Å². The zero-order valence-corrected chi connectivity index (χ0v) is 13.4. The van der Waals surface area contributed by atoms with E-state index in [1.165, 1.54) is 0 Å². The Bertz CT molecular complexity index is 775. The minimum atomic E-state index is -0.0327. The summed E-state index contributed by atoms with van der Waals surface area (Å²) >= 11 is 0. The van der Waals surface area contributed by atoms with Gasteiger partial charge in [-0.25, -0.2) is 0 Å². The van der Waals surface area contributed by atoms with Gasteiger partial charge < -0.3 is 14.2 Å². The summed E-state index contributed by atoms with van der Waals surface area (Å²) in [6.07, 6.45) is 6.77. The van der Waals surface area contributed by atoms with Crippen LogP contribution in [0.5, 0.6) is 0 Å². The van der Waals surface area contributed by atoms with Crippen LogP contribution in [-0.4, -0.2) is 32.4 Å². The third-order valence-electron chi connectivity index (χ3n) is 3.57. The summed E-state index contributed by atoms with van der Waals surface area (Å²) in [5.41, 5.74) is 0.775. The van der Waals surface area contributed by atoms with Gasteiger partial charge in [-0.05, 0) is 25.5 Å². The number of aryl methyl sites for hydroxylation is 3. The molecule has 0 radical (unpaired) electrons. The van der Waals surface area contributed by atoms with Gasteiger partial charge in [0.25, 0.3) is 5.89 Å². The van der Waals surface area contributed by atoms with E-state index in [9.17, 15) is 4.79 Å². The lowest BCUT2D eigenvalue weighted by atomic mass is 10.2. The molecular formula is C16H19N5O3. The second-order valence-electron chi connectivity index (χ2n) is 5.36. The molecule has 8 nitrogen and oxygen atoms in total. The minimum Gasteiger partial charge on any atom is -0.469 e. The van der Waals surface area contributed by atoms with Gasteiger partial charge in [-0.2, -0.15) is 5.10 Å². The Morgan fingerprint density at radius 3 is 3.04 bits per heavy atom. The molecule has 0 aliphatic carbocycles. The Kier molecular flexibility index (Phi) is 5.05. The predicted molar refractivity (Wildman–Crippen MR) is 84.9 cm³/mol. The number of nitrogens with one attached hydrogen (secondary N) is 1. The summed E-state index contributed by atoms with van der Waals surface area (Å²) in [5, 5.41) is 14.9. The molecule has 0 aromatic carbocycles. The van der Waals surface area contributed by atoms with Crippen LogP contribution in [0.15, 0.2) is 39.6 Å². The van der Waals surface area contributed by atoms with E-state index in [4.69, 9.17) is 8.83 Å². The fourth-order valence-electron chi connectivity index (χ4n) is 2.28. The molecule has 1 amide bonds. The van der Waals surface area contributed by atoms with Crippen molar-refractivity contribution >= 4 is 5.91 Å². The van der Waals surface area contributed by atoms with Gasteiger partial charge in [-0.3, -0.25) is 9.48 Å². The third kappa shape index (κ3) is 4.09. The Morgan fingerprint density at radius 1 is 1.38 bits per heavy atom. The van der Waals surface area contributed by atoms with Gasteiger partial charge in [-0.1, -0.05) is 0 Å². The van der Waals surface area contributed by atoms with Crippen molar-refractivity contribution in [2.75, 3.05) is 6.54 Å². The van der Waals surface area contributed by atoms with E-state index in [0.717, 1.165) is 24.3 Å². The van der Waals surface area contributed by atoms with Crippen molar-refractivity contribution in [3.63, 3.8) is 0 Å². The van der Waals surface area contributed by atoms with Gasteiger partial charge >= 0.3 is 0 Å². The number of carbonyl (C=O) groups is 1. The highest BCUT2D eigenvalue weighted by Gasteiger charge is 2.13. The van der Waals surface area contributed by atoms with Crippen LogP contribution < -0.4 is 5.32 Å². The molecule has 0 saturated heterocycles. The number of amides is 1. The van der Waals surface area contributed by atoms with Crippen LogP contribution in [0.3, 0.4) is 0 Å². The lowest BCUT2D eigenvalue weighted by Crippen LogP contribution is -2.25. The first-order chi connectivity index (χ1) is 11.7. The molecule has 0 saturated carbocycles. The van der Waals surface area contributed by atoms with Gasteiger partial charge in [0.2, 0.25) is 11.8 Å². The number of hydrogen-bond donors (Lipinski definition) is 1. The quantitative estimate of drug-likeness (QED) is 0.634. The highest BCUT2D eigenvalue weighted by molar-refractivity contribution is 5.75.